The second kappa shape index (κ2) is 2.41. The predicted octanol–water partition coefficient (Wildman–Crippen LogP) is -1.46. The lowest BCUT2D eigenvalue weighted by Gasteiger charge is -2.25. The van der Waals surface area contributed by atoms with Gasteiger partial charge in [-0.3, -0.25) is 4.18 Å². The molecule has 1 unspecified atom stereocenters. The van der Waals surface area contributed by atoms with Gasteiger partial charge in [0.05, 0.1) is 12.6 Å². The van der Waals surface area contributed by atoms with Crippen molar-refractivity contribution in [2.45, 2.75) is 6.04 Å². The van der Waals surface area contributed by atoms with E-state index in [2.05, 4.69) is 9.50 Å². The zero-order chi connectivity index (χ0) is 7.90. The van der Waals surface area contributed by atoms with Gasteiger partial charge in [-0.15, -0.1) is 0 Å². The van der Waals surface area contributed by atoms with Gasteiger partial charge in [0.25, 0.3) is 0 Å². The number of fused-ring (bicyclic) bond motifs is 1. The average Bonchev–Trinajstić information content (AvgIpc) is 2.29. The lowest BCUT2D eigenvalue weighted by atomic mass is 10.2. The molecule has 2 rings (SSSR count). The van der Waals surface area contributed by atoms with E-state index in [4.69, 9.17) is 0 Å². The van der Waals surface area contributed by atoms with Crippen LogP contribution in [0.15, 0.2) is 0 Å². The molecule has 0 bridgehead atoms. The van der Waals surface area contributed by atoms with Crippen LogP contribution in [-0.4, -0.2) is 45.0 Å². The minimum atomic E-state index is -3.35. The summed E-state index contributed by atoms with van der Waals surface area (Å²) < 4.78 is 28.2. The summed E-state index contributed by atoms with van der Waals surface area (Å²) in [4.78, 5) is 0. The van der Waals surface area contributed by atoms with Crippen molar-refractivity contribution in [1.82, 2.24) is 9.62 Å². The van der Waals surface area contributed by atoms with Crippen LogP contribution < -0.4 is 5.32 Å². The Labute approximate surface area is 65.6 Å². The third-order valence-corrected chi connectivity index (χ3v) is 3.48. The molecule has 1 N–H and O–H groups in total. The third-order valence-electron chi connectivity index (χ3n) is 1.99. The number of rotatable bonds is 0. The minimum absolute atomic E-state index is 0.0220. The SMILES string of the molecule is O=S1(=O)OCC2CNCCN21. The highest BCUT2D eigenvalue weighted by molar-refractivity contribution is 7.84. The first-order valence-electron chi connectivity index (χ1n) is 3.57. The largest absolute Gasteiger partial charge is 0.338 e. The summed E-state index contributed by atoms with van der Waals surface area (Å²) in [5.74, 6) is 0. The van der Waals surface area contributed by atoms with Crippen LogP contribution in [0.5, 0.6) is 0 Å². The molecule has 64 valence electrons. The summed E-state index contributed by atoms with van der Waals surface area (Å²) in [6.07, 6.45) is 0. The van der Waals surface area contributed by atoms with Gasteiger partial charge in [-0.2, -0.15) is 12.7 Å². The molecule has 2 saturated heterocycles. The maximum absolute atomic E-state index is 11.1. The van der Waals surface area contributed by atoms with Crippen molar-refractivity contribution in [2.24, 2.45) is 0 Å². The molecule has 0 aromatic rings. The minimum Gasteiger partial charge on any atom is -0.314 e. The van der Waals surface area contributed by atoms with E-state index in [0.717, 1.165) is 6.54 Å². The first-order chi connectivity index (χ1) is 5.20. The smallest absolute Gasteiger partial charge is 0.314 e. The van der Waals surface area contributed by atoms with Gasteiger partial charge in [0.15, 0.2) is 0 Å². The number of nitrogens with one attached hydrogen (secondary N) is 1. The van der Waals surface area contributed by atoms with Gasteiger partial charge in [0.1, 0.15) is 0 Å². The topological polar surface area (TPSA) is 58.6 Å². The molecule has 0 aromatic carbocycles. The fourth-order valence-electron chi connectivity index (χ4n) is 1.41. The van der Waals surface area contributed by atoms with Crippen LogP contribution in [0.1, 0.15) is 0 Å². The fourth-order valence-corrected chi connectivity index (χ4v) is 2.69. The molecule has 6 heteroatoms. The molecule has 2 aliphatic rings. The zero-order valence-corrected chi connectivity index (χ0v) is 6.80. The highest BCUT2D eigenvalue weighted by Crippen LogP contribution is 2.18. The van der Waals surface area contributed by atoms with Crippen LogP contribution in [0.3, 0.4) is 0 Å². The van der Waals surface area contributed by atoms with E-state index in [-0.39, 0.29) is 6.04 Å². The molecule has 0 amide bonds. The third kappa shape index (κ3) is 1.16. The second-order valence-corrected chi connectivity index (χ2v) is 4.27. The number of hydrogen-bond acceptors (Lipinski definition) is 4. The quantitative estimate of drug-likeness (QED) is 0.492. The Morgan fingerprint density at radius 2 is 2.36 bits per heavy atom. The molecule has 5 nitrogen and oxygen atoms in total. The van der Waals surface area contributed by atoms with E-state index in [1.54, 1.807) is 0 Å². The summed E-state index contributed by atoms with van der Waals surface area (Å²) in [5, 5.41) is 3.11. The molecule has 0 radical (unpaired) electrons. The lowest BCUT2D eigenvalue weighted by molar-refractivity contribution is 0.271. The van der Waals surface area contributed by atoms with Crippen LogP contribution in [0, 0.1) is 0 Å². The Balaban J connectivity index is 2.23. The van der Waals surface area contributed by atoms with E-state index < -0.39 is 10.3 Å². The Bertz CT molecular complexity index is 250. The van der Waals surface area contributed by atoms with Gasteiger partial charge >= 0.3 is 10.3 Å². The molecule has 0 aromatic heterocycles. The average molecular weight is 178 g/mol. The van der Waals surface area contributed by atoms with Gasteiger partial charge in [0.2, 0.25) is 0 Å². The number of hydrogen-bond donors (Lipinski definition) is 1. The van der Waals surface area contributed by atoms with Crippen molar-refractivity contribution >= 4 is 10.3 Å². The molecule has 0 spiro atoms. The first-order valence-corrected chi connectivity index (χ1v) is 4.93. The maximum Gasteiger partial charge on any atom is 0.338 e. The molecular formula is C5H10N2O3S. The van der Waals surface area contributed by atoms with Crippen molar-refractivity contribution in [1.29, 1.82) is 0 Å². The summed E-state index contributed by atoms with van der Waals surface area (Å²) >= 11 is 0. The molecule has 11 heavy (non-hydrogen) atoms. The highest BCUT2D eigenvalue weighted by atomic mass is 32.2. The normalized spacial score (nSPS) is 36.9. The predicted molar refractivity (Wildman–Crippen MR) is 38.2 cm³/mol. The van der Waals surface area contributed by atoms with E-state index in [1.807, 2.05) is 0 Å². The van der Waals surface area contributed by atoms with Crippen LogP contribution in [0.2, 0.25) is 0 Å². The fraction of sp³-hybridized carbons (Fsp3) is 1.00. The summed E-state index contributed by atoms with van der Waals surface area (Å²) in [6.45, 7) is 2.26. The van der Waals surface area contributed by atoms with Crippen LogP contribution in [-0.2, 0) is 14.5 Å². The van der Waals surface area contributed by atoms with Crippen molar-refractivity contribution in [3.63, 3.8) is 0 Å². The van der Waals surface area contributed by atoms with Crippen molar-refractivity contribution in [3.8, 4) is 0 Å². The number of nitrogens with zero attached hydrogens (tertiary/aromatic N) is 1. The standard InChI is InChI=1S/C5H10N2O3S/c8-11(9)7-2-1-6-3-5(7)4-10-11/h5-6H,1-4H2. The zero-order valence-electron chi connectivity index (χ0n) is 5.99. The first kappa shape index (κ1) is 7.48. The van der Waals surface area contributed by atoms with E-state index in [1.165, 1.54) is 4.31 Å². The van der Waals surface area contributed by atoms with Crippen molar-refractivity contribution < 1.29 is 12.6 Å². The highest BCUT2D eigenvalue weighted by Gasteiger charge is 2.39. The summed E-state index contributed by atoms with van der Waals surface area (Å²) in [5.41, 5.74) is 0. The van der Waals surface area contributed by atoms with Crippen LogP contribution in [0.4, 0.5) is 0 Å². The Morgan fingerprint density at radius 1 is 1.55 bits per heavy atom. The van der Waals surface area contributed by atoms with Gasteiger partial charge in [-0.25, -0.2) is 0 Å². The Kier molecular flexibility index (Phi) is 1.64. The van der Waals surface area contributed by atoms with Crippen molar-refractivity contribution in [3.05, 3.63) is 0 Å². The molecule has 2 aliphatic heterocycles. The molecule has 2 fully saturated rings. The monoisotopic (exact) mass is 178 g/mol. The van der Waals surface area contributed by atoms with Gasteiger partial charge in [0, 0.05) is 19.6 Å². The molecule has 1 atom stereocenters. The van der Waals surface area contributed by atoms with E-state index >= 15 is 0 Å². The summed E-state index contributed by atoms with van der Waals surface area (Å²) in [6, 6.07) is 0.0220. The lowest BCUT2D eigenvalue weighted by Crippen LogP contribution is -2.49. The number of piperazine rings is 1. The van der Waals surface area contributed by atoms with Crippen LogP contribution in [0.25, 0.3) is 0 Å². The van der Waals surface area contributed by atoms with Gasteiger partial charge in [-0.05, 0) is 0 Å². The Morgan fingerprint density at radius 3 is 3.09 bits per heavy atom. The van der Waals surface area contributed by atoms with E-state index in [0.29, 0.717) is 19.7 Å². The molecular weight excluding hydrogens is 168 g/mol. The molecule has 0 saturated carbocycles. The van der Waals surface area contributed by atoms with Gasteiger partial charge in [-0.1, -0.05) is 0 Å². The maximum atomic E-state index is 11.1. The van der Waals surface area contributed by atoms with Crippen molar-refractivity contribution in [2.75, 3.05) is 26.2 Å². The summed E-state index contributed by atoms with van der Waals surface area (Å²) in [7, 11) is -3.35. The van der Waals surface area contributed by atoms with Crippen LogP contribution >= 0.6 is 0 Å². The second-order valence-electron chi connectivity index (χ2n) is 2.71. The Hall–Kier alpha value is -0.170. The van der Waals surface area contributed by atoms with Gasteiger partial charge < -0.3 is 5.32 Å². The van der Waals surface area contributed by atoms with E-state index in [9.17, 15) is 8.42 Å². The molecule has 0 aliphatic carbocycles. The molecule has 2 heterocycles.